The second-order valence-corrected chi connectivity index (χ2v) is 8.78. The molecule has 1 aliphatic carbocycles. The molecule has 0 bridgehead atoms. The molecule has 1 aromatic rings. The maximum Gasteiger partial charge on any atom is 0.251 e. The highest BCUT2D eigenvalue weighted by Gasteiger charge is 2.48. The minimum Gasteiger partial charge on any atom is -0.495 e. The topological polar surface area (TPSA) is 98.3 Å². The van der Waals surface area contributed by atoms with Gasteiger partial charge >= 0.3 is 0 Å². The second-order valence-electron chi connectivity index (χ2n) is 8.78. The van der Waals surface area contributed by atoms with E-state index in [0.717, 1.165) is 37.1 Å². The molecular formula is C24H32N6O3. The number of hydrogen-bond acceptors (Lipinski definition) is 7. The molecule has 3 N–H and O–H groups in total. The molecule has 4 rings (SSSR count). The summed E-state index contributed by atoms with van der Waals surface area (Å²) < 4.78 is 5.51. The van der Waals surface area contributed by atoms with E-state index in [1.807, 2.05) is 13.1 Å². The van der Waals surface area contributed by atoms with Crippen LogP contribution in [0.1, 0.15) is 49.4 Å². The van der Waals surface area contributed by atoms with Gasteiger partial charge in [0.15, 0.2) is 5.66 Å². The van der Waals surface area contributed by atoms with E-state index in [2.05, 4.69) is 27.4 Å². The maximum atomic E-state index is 12.8. The van der Waals surface area contributed by atoms with Crippen LogP contribution in [0.4, 0.5) is 5.69 Å². The Balaban J connectivity index is 1.71. The van der Waals surface area contributed by atoms with Crippen LogP contribution in [-0.2, 0) is 4.79 Å². The van der Waals surface area contributed by atoms with Crippen LogP contribution in [0, 0.1) is 0 Å². The molecule has 0 radical (unpaired) electrons. The molecule has 1 aromatic carbocycles. The summed E-state index contributed by atoms with van der Waals surface area (Å²) >= 11 is 0. The highest BCUT2D eigenvalue weighted by atomic mass is 16.5. The van der Waals surface area contributed by atoms with Crippen LogP contribution in [0.3, 0.4) is 0 Å². The summed E-state index contributed by atoms with van der Waals surface area (Å²) in [5.74, 6) is 0.847. The summed E-state index contributed by atoms with van der Waals surface area (Å²) in [6.45, 7) is 6.31. The molecule has 0 spiro atoms. The van der Waals surface area contributed by atoms with Crippen LogP contribution in [0.2, 0.25) is 0 Å². The molecule has 2 amide bonds. The normalized spacial score (nSPS) is 23.3. The van der Waals surface area contributed by atoms with E-state index in [-0.39, 0.29) is 24.3 Å². The minimum atomic E-state index is -0.796. The Hall–Kier alpha value is -3.49. The number of aliphatic imine (C=N–C) groups is 1. The first kappa shape index (κ1) is 22.7. The van der Waals surface area contributed by atoms with E-state index in [4.69, 9.17) is 9.73 Å². The first-order chi connectivity index (χ1) is 15.8. The van der Waals surface area contributed by atoms with Gasteiger partial charge in [0, 0.05) is 37.6 Å². The molecule has 2 fully saturated rings. The van der Waals surface area contributed by atoms with E-state index in [0.29, 0.717) is 23.0 Å². The number of likely N-dealkylation sites (N-methyl/N-ethyl adjacent to an activating group) is 1. The number of guanidine groups is 1. The molecule has 0 aromatic heterocycles. The smallest absolute Gasteiger partial charge is 0.251 e. The van der Waals surface area contributed by atoms with Gasteiger partial charge in [0.1, 0.15) is 5.75 Å². The average molecular weight is 453 g/mol. The number of carbonyl (C=O) groups is 2. The molecule has 1 unspecified atom stereocenters. The number of amides is 2. The van der Waals surface area contributed by atoms with Gasteiger partial charge in [0.25, 0.3) is 5.91 Å². The highest BCUT2D eigenvalue weighted by molar-refractivity contribution is 5.99. The van der Waals surface area contributed by atoms with E-state index in [1.54, 1.807) is 44.3 Å². The fourth-order valence-electron chi connectivity index (χ4n) is 5.04. The number of nitrogens with one attached hydrogen (secondary N) is 3. The molecule has 1 atom stereocenters. The summed E-state index contributed by atoms with van der Waals surface area (Å²) in [6, 6.07) is 5.47. The lowest BCUT2D eigenvalue weighted by Gasteiger charge is -2.46. The van der Waals surface area contributed by atoms with Crippen LogP contribution in [0.15, 0.2) is 47.4 Å². The predicted octanol–water partition coefficient (Wildman–Crippen LogP) is 2.60. The quantitative estimate of drug-likeness (QED) is 0.650. The lowest BCUT2D eigenvalue weighted by Crippen LogP contribution is -2.55. The number of carbonyl (C=O) groups excluding carboxylic acids is 2. The molecule has 2 heterocycles. The molecular weight excluding hydrogens is 420 g/mol. The van der Waals surface area contributed by atoms with Gasteiger partial charge < -0.3 is 30.5 Å². The van der Waals surface area contributed by atoms with E-state index in [1.165, 1.54) is 0 Å². The summed E-state index contributed by atoms with van der Waals surface area (Å²) in [4.78, 5) is 33.8. The molecule has 1 saturated heterocycles. The maximum absolute atomic E-state index is 12.8. The Kier molecular flexibility index (Phi) is 6.05. The number of methoxy groups -OCH3 is 1. The monoisotopic (exact) mass is 452 g/mol. The average Bonchev–Trinajstić information content (AvgIpc) is 3.30. The van der Waals surface area contributed by atoms with Crippen LogP contribution in [-0.4, -0.2) is 60.5 Å². The summed E-state index contributed by atoms with van der Waals surface area (Å²) in [5, 5.41) is 9.10. The van der Waals surface area contributed by atoms with Gasteiger partial charge in [-0.1, -0.05) is 19.4 Å². The van der Waals surface area contributed by atoms with Crippen molar-refractivity contribution in [1.29, 1.82) is 0 Å². The SMILES string of the molecule is C=C1CC(=O)N(C)C2=CNC(Nc3ccc(C(=O)NC)cc3OC)=NC2(C)N1C1CCCC1. The van der Waals surface area contributed by atoms with E-state index in [9.17, 15) is 9.59 Å². The van der Waals surface area contributed by atoms with Crippen molar-refractivity contribution in [1.82, 2.24) is 20.4 Å². The summed E-state index contributed by atoms with van der Waals surface area (Å²) in [7, 11) is 4.93. The Labute approximate surface area is 194 Å². The number of hydrogen-bond donors (Lipinski definition) is 3. The number of ether oxygens (including phenoxy) is 1. The Morgan fingerprint density at radius 3 is 2.73 bits per heavy atom. The van der Waals surface area contributed by atoms with Gasteiger partial charge in [0.2, 0.25) is 11.9 Å². The lowest BCUT2D eigenvalue weighted by atomic mass is 10.0. The largest absolute Gasteiger partial charge is 0.495 e. The van der Waals surface area contributed by atoms with Crippen LogP contribution in [0.5, 0.6) is 5.75 Å². The molecule has 2 aliphatic heterocycles. The fourth-order valence-corrected chi connectivity index (χ4v) is 5.04. The number of fused-ring (bicyclic) bond motifs is 1. The zero-order valence-corrected chi connectivity index (χ0v) is 19.7. The molecule has 3 aliphatic rings. The fraction of sp³-hybridized carbons (Fsp3) is 0.458. The number of nitrogens with zero attached hydrogens (tertiary/aromatic N) is 3. The van der Waals surface area contributed by atoms with Gasteiger partial charge in [-0.15, -0.1) is 0 Å². The van der Waals surface area contributed by atoms with Gasteiger partial charge in [-0.05, 0) is 38.0 Å². The molecule has 33 heavy (non-hydrogen) atoms. The van der Waals surface area contributed by atoms with Gasteiger partial charge in [-0.25, -0.2) is 4.99 Å². The third-order valence-corrected chi connectivity index (χ3v) is 6.69. The Morgan fingerprint density at radius 1 is 1.33 bits per heavy atom. The van der Waals surface area contributed by atoms with Gasteiger partial charge in [0.05, 0.1) is 24.9 Å². The predicted molar refractivity (Wildman–Crippen MR) is 128 cm³/mol. The number of anilines is 1. The number of benzene rings is 1. The molecule has 9 heteroatoms. The van der Waals surface area contributed by atoms with Crippen molar-refractivity contribution in [3.8, 4) is 5.75 Å². The second kappa shape index (κ2) is 8.80. The zero-order valence-electron chi connectivity index (χ0n) is 19.7. The molecule has 176 valence electrons. The third kappa shape index (κ3) is 4.03. The van der Waals surface area contributed by atoms with Crippen molar-refractivity contribution in [3.63, 3.8) is 0 Å². The van der Waals surface area contributed by atoms with Crippen LogP contribution in [0.25, 0.3) is 0 Å². The van der Waals surface area contributed by atoms with Crippen molar-refractivity contribution < 1.29 is 14.3 Å². The van der Waals surface area contributed by atoms with Crippen LogP contribution < -0.4 is 20.7 Å². The highest BCUT2D eigenvalue weighted by Crippen LogP contribution is 2.42. The molecule has 1 saturated carbocycles. The lowest BCUT2D eigenvalue weighted by molar-refractivity contribution is -0.127. The zero-order chi connectivity index (χ0) is 23.8. The molecule has 9 nitrogen and oxygen atoms in total. The van der Waals surface area contributed by atoms with Gasteiger partial charge in [-0.2, -0.15) is 0 Å². The van der Waals surface area contributed by atoms with Crippen molar-refractivity contribution in [3.05, 3.63) is 47.9 Å². The number of rotatable bonds is 4. The Bertz CT molecular complexity index is 1040. The van der Waals surface area contributed by atoms with Crippen molar-refractivity contribution in [2.45, 2.75) is 50.7 Å². The third-order valence-electron chi connectivity index (χ3n) is 6.69. The minimum absolute atomic E-state index is 0.00200. The first-order valence-electron chi connectivity index (χ1n) is 11.3. The summed E-state index contributed by atoms with van der Waals surface area (Å²) in [6.07, 6.45) is 6.54. The van der Waals surface area contributed by atoms with Crippen molar-refractivity contribution >= 4 is 23.5 Å². The van der Waals surface area contributed by atoms with Crippen LogP contribution >= 0.6 is 0 Å². The summed E-state index contributed by atoms with van der Waals surface area (Å²) in [5.41, 5.74) is 1.95. The first-order valence-corrected chi connectivity index (χ1v) is 11.3. The van der Waals surface area contributed by atoms with E-state index >= 15 is 0 Å². The standard InChI is InChI=1S/C24H32N6O3/c1-15-12-21(31)29(4)20-14-26-23(28-24(20,2)30(15)17-8-6-7-9-17)27-18-11-10-16(22(32)25-3)13-19(18)33-5/h10-11,13-14,17H,1,6-9,12H2,2-5H3,(H,25,32)(H2,26,27,28). The Morgan fingerprint density at radius 2 is 2.06 bits per heavy atom. The van der Waals surface area contributed by atoms with Crippen molar-refractivity contribution in [2.75, 3.05) is 26.5 Å². The van der Waals surface area contributed by atoms with Gasteiger partial charge in [-0.3, -0.25) is 9.59 Å². The van der Waals surface area contributed by atoms with Crippen molar-refractivity contribution in [2.24, 2.45) is 4.99 Å². The van der Waals surface area contributed by atoms with E-state index < -0.39 is 5.66 Å².